The summed E-state index contributed by atoms with van der Waals surface area (Å²) < 4.78 is 30.4. The monoisotopic (exact) mass is 310 g/mol. The number of hydrogen-bond acceptors (Lipinski definition) is 6. The second-order valence-electron chi connectivity index (χ2n) is 4.48. The number of methoxy groups -OCH3 is 1. The van der Waals surface area contributed by atoms with Crippen LogP contribution in [0, 0.1) is 0 Å². The minimum absolute atomic E-state index is 0.00664. The second kappa shape index (κ2) is 5.65. The average molecular weight is 310 g/mol. The molecule has 0 saturated heterocycles. The van der Waals surface area contributed by atoms with Gasteiger partial charge in [-0.05, 0) is 19.1 Å². The number of nitrogens with two attached hydrogens (primary N) is 1. The van der Waals surface area contributed by atoms with Gasteiger partial charge in [0.2, 0.25) is 0 Å². The average Bonchev–Trinajstić information content (AvgIpc) is 2.76. The normalized spacial score (nSPS) is 11.4. The lowest BCUT2D eigenvalue weighted by Gasteiger charge is -2.06. The van der Waals surface area contributed by atoms with Crippen molar-refractivity contribution >= 4 is 21.5 Å². The smallest absolute Gasteiger partial charge is 0.182 e. The lowest BCUT2D eigenvalue weighted by Crippen LogP contribution is -2.06. The Kier molecular flexibility index (Phi) is 4.08. The topological polar surface area (TPSA) is 99.2 Å². The van der Waals surface area contributed by atoms with Crippen molar-refractivity contribution in [2.24, 2.45) is 0 Å². The van der Waals surface area contributed by atoms with Gasteiger partial charge in [-0.1, -0.05) is 6.07 Å². The van der Waals surface area contributed by atoms with Crippen molar-refractivity contribution in [2.45, 2.75) is 11.8 Å². The van der Waals surface area contributed by atoms with E-state index in [1.54, 1.807) is 31.4 Å². The zero-order valence-electron chi connectivity index (χ0n) is 12.1. The number of benzene rings is 1. The molecule has 0 aliphatic heterocycles. The molecular formula is C13H18N4O3S. The molecule has 7 nitrogen and oxygen atoms in total. The number of rotatable bonds is 5. The van der Waals surface area contributed by atoms with E-state index in [4.69, 9.17) is 10.5 Å². The van der Waals surface area contributed by atoms with Gasteiger partial charge in [-0.15, -0.1) is 5.10 Å². The van der Waals surface area contributed by atoms with Gasteiger partial charge in [0.1, 0.15) is 11.6 Å². The fourth-order valence-electron chi connectivity index (χ4n) is 2.00. The molecule has 1 heterocycles. The molecule has 0 fully saturated rings. The highest BCUT2D eigenvalue weighted by molar-refractivity contribution is 7.91. The van der Waals surface area contributed by atoms with E-state index in [9.17, 15) is 8.42 Å². The van der Waals surface area contributed by atoms with E-state index in [2.05, 4.69) is 10.4 Å². The summed E-state index contributed by atoms with van der Waals surface area (Å²) in [7, 11) is -1.94. The highest BCUT2D eigenvalue weighted by Crippen LogP contribution is 2.30. The zero-order chi connectivity index (χ0) is 15.6. The maximum Gasteiger partial charge on any atom is 0.182 e. The fraction of sp³-hybridized carbons (Fsp3) is 0.308. The van der Waals surface area contributed by atoms with E-state index >= 15 is 0 Å². The number of ether oxygens (including phenoxy) is 1. The number of nitrogens with one attached hydrogen (secondary N) is 1. The van der Waals surface area contributed by atoms with Crippen LogP contribution in [0.15, 0.2) is 29.2 Å². The first-order valence-corrected chi connectivity index (χ1v) is 8.24. The van der Waals surface area contributed by atoms with E-state index in [1.165, 1.54) is 4.68 Å². The Hall–Kier alpha value is -2.22. The second-order valence-corrected chi connectivity index (χ2v) is 6.43. The molecule has 0 unspecified atom stereocenters. The molecule has 2 aromatic rings. The molecule has 0 saturated carbocycles. The predicted octanol–water partition coefficient (Wildman–Crippen LogP) is 1.30. The quantitative estimate of drug-likeness (QED) is 0.863. The molecule has 114 valence electrons. The van der Waals surface area contributed by atoms with Crippen LogP contribution in [0.4, 0.5) is 11.6 Å². The highest BCUT2D eigenvalue weighted by atomic mass is 32.2. The molecule has 3 N–H and O–H groups in total. The van der Waals surface area contributed by atoms with Crippen LogP contribution < -0.4 is 15.8 Å². The van der Waals surface area contributed by atoms with Crippen molar-refractivity contribution in [3.8, 4) is 11.4 Å². The summed E-state index contributed by atoms with van der Waals surface area (Å²) in [5.41, 5.74) is 6.61. The van der Waals surface area contributed by atoms with E-state index < -0.39 is 9.84 Å². The summed E-state index contributed by atoms with van der Waals surface area (Å²) in [6.45, 7) is 2.39. The summed E-state index contributed by atoms with van der Waals surface area (Å²) in [6, 6.07) is 7.06. The van der Waals surface area contributed by atoms with Crippen molar-refractivity contribution < 1.29 is 13.2 Å². The molecule has 0 aliphatic carbocycles. The third kappa shape index (κ3) is 2.94. The van der Waals surface area contributed by atoms with E-state index in [1.807, 2.05) is 6.92 Å². The van der Waals surface area contributed by atoms with Crippen molar-refractivity contribution in [1.82, 2.24) is 9.78 Å². The van der Waals surface area contributed by atoms with Crippen LogP contribution in [0.1, 0.15) is 6.92 Å². The summed E-state index contributed by atoms with van der Waals surface area (Å²) in [5.74, 6) is 0.954. The number of nitrogen functional groups attached to an aromatic ring is 1. The third-order valence-electron chi connectivity index (χ3n) is 2.89. The summed E-state index contributed by atoms with van der Waals surface area (Å²) in [4.78, 5) is 0.00664. The number of nitrogens with zero attached hydrogens (tertiary/aromatic N) is 2. The van der Waals surface area contributed by atoms with Crippen molar-refractivity contribution in [2.75, 3.05) is 31.0 Å². The lowest BCUT2D eigenvalue weighted by atomic mass is 10.3. The Labute approximate surface area is 123 Å². The van der Waals surface area contributed by atoms with Gasteiger partial charge in [0.25, 0.3) is 0 Å². The first kappa shape index (κ1) is 15.2. The Morgan fingerprint density at radius 1 is 1.43 bits per heavy atom. The van der Waals surface area contributed by atoms with Crippen LogP contribution in [0.5, 0.6) is 5.75 Å². The minimum atomic E-state index is -3.49. The van der Waals surface area contributed by atoms with Crippen molar-refractivity contribution in [3.05, 3.63) is 24.3 Å². The molecule has 0 aliphatic rings. The first-order valence-electron chi connectivity index (χ1n) is 6.35. The van der Waals surface area contributed by atoms with Gasteiger partial charge in [0.05, 0.1) is 12.8 Å². The Morgan fingerprint density at radius 2 is 2.14 bits per heavy atom. The maximum atomic E-state index is 11.9. The molecule has 0 amide bonds. The summed E-state index contributed by atoms with van der Waals surface area (Å²) >= 11 is 0. The molecule has 21 heavy (non-hydrogen) atoms. The highest BCUT2D eigenvalue weighted by Gasteiger charge is 2.24. The van der Waals surface area contributed by atoms with Crippen LogP contribution >= 0.6 is 0 Å². The third-order valence-corrected chi connectivity index (χ3v) is 4.03. The molecule has 0 spiro atoms. The first-order chi connectivity index (χ1) is 9.88. The van der Waals surface area contributed by atoms with E-state index in [0.717, 1.165) is 6.26 Å². The van der Waals surface area contributed by atoms with E-state index in [-0.39, 0.29) is 16.5 Å². The minimum Gasteiger partial charge on any atom is -0.497 e. The molecule has 0 radical (unpaired) electrons. The largest absolute Gasteiger partial charge is 0.497 e. The van der Waals surface area contributed by atoms with Crippen LogP contribution in [0.3, 0.4) is 0 Å². The molecule has 1 aromatic carbocycles. The van der Waals surface area contributed by atoms with Crippen molar-refractivity contribution in [3.63, 3.8) is 0 Å². The van der Waals surface area contributed by atoms with Crippen LogP contribution in [-0.4, -0.2) is 38.1 Å². The summed E-state index contributed by atoms with van der Waals surface area (Å²) in [6.07, 6.45) is 1.11. The van der Waals surface area contributed by atoms with Gasteiger partial charge in [0, 0.05) is 18.9 Å². The van der Waals surface area contributed by atoms with Gasteiger partial charge >= 0.3 is 0 Å². The Balaban J connectivity index is 2.65. The Bertz CT molecular complexity index is 753. The number of anilines is 2. The fourth-order valence-corrected chi connectivity index (χ4v) is 2.94. The van der Waals surface area contributed by atoms with Gasteiger partial charge in [-0.2, -0.15) is 0 Å². The number of sulfone groups is 1. The van der Waals surface area contributed by atoms with Crippen LogP contribution in [0.25, 0.3) is 5.69 Å². The standard InChI is InChI=1S/C13H18N4O3S/c1-4-15-13-11(21(3,18)19)12(14)17(16-13)9-6-5-7-10(8-9)20-2/h5-8H,4,14H2,1-3H3,(H,15,16). The van der Waals surface area contributed by atoms with Crippen molar-refractivity contribution in [1.29, 1.82) is 0 Å². The van der Waals surface area contributed by atoms with Gasteiger partial charge in [-0.3, -0.25) is 0 Å². The van der Waals surface area contributed by atoms with E-state index in [0.29, 0.717) is 18.0 Å². The molecule has 1 aromatic heterocycles. The lowest BCUT2D eigenvalue weighted by molar-refractivity contribution is 0.414. The number of aromatic nitrogens is 2. The molecule has 8 heteroatoms. The maximum absolute atomic E-state index is 11.9. The summed E-state index contributed by atoms with van der Waals surface area (Å²) in [5, 5.41) is 7.18. The molecular weight excluding hydrogens is 292 g/mol. The van der Waals surface area contributed by atoms with Crippen LogP contribution in [0.2, 0.25) is 0 Å². The van der Waals surface area contributed by atoms with Gasteiger partial charge in [0.15, 0.2) is 20.6 Å². The van der Waals surface area contributed by atoms with Gasteiger partial charge in [-0.25, -0.2) is 13.1 Å². The molecule has 0 bridgehead atoms. The molecule has 2 rings (SSSR count). The van der Waals surface area contributed by atoms with Crippen LogP contribution in [-0.2, 0) is 9.84 Å². The zero-order valence-corrected chi connectivity index (χ0v) is 12.9. The SMILES string of the molecule is CCNc1nn(-c2cccc(OC)c2)c(N)c1S(C)(=O)=O. The Morgan fingerprint density at radius 3 is 2.71 bits per heavy atom. The van der Waals surface area contributed by atoms with Gasteiger partial charge < -0.3 is 15.8 Å². The number of hydrogen-bond donors (Lipinski definition) is 2. The molecule has 0 atom stereocenters. The predicted molar refractivity (Wildman–Crippen MR) is 81.8 cm³/mol.